The van der Waals surface area contributed by atoms with Crippen molar-refractivity contribution in [3.63, 3.8) is 0 Å². The number of para-hydroxylation sites is 1. The molecule has 0 radical (unpaired) electrons. The van der Waals surface area contributed by atoms with Crippen molar-refractivity contribution in [3.05, 3.63) is 48.5 Å². The van der Waals surface area contributed by atoms with Gasteiger partial charge in [-0.2, -0.15) is 0 Å². The molecule has 3 rings (SSSR count). The zero-order chi connectivity index (χ0) is 13.1. The third kappa shape index (κ3) is 2.58. The first-order chi connectivity index (χ1) is 9.36. The van der Waals surface area contributed by atoms with Crippen molar-refractivity contribution >= 4 is 21.6 Å². The summed E-state index contributed by atoms with van der Waals surface area (Å²) >= 11 is 1.66. The van der Waals surface area contributed by atoms with Crippen LogP contribution < -0.4 is 4.74 Å². The standard InChI is InChI=1S/C15H12FNOS/c16-9-10-18-12-7-5-11(6-8-12)15-17-13-3-1-2-4-14(13)19-15/h1-8H,9-10H2. The number of hydrogen-bond donors (Lipinski definition) is 0. The molecule has 0 saturated carbocycles. The SMILES string of the molecule is FCCOc1ccc(-c2nc3ccccc3s2)cc1. The van der Waals surface area contributed by atoms with E-state index >= 15 is 0 Å². The van der Waals surface area contributed by atoms with Gasteiger partial charge in [0.25, 0.3) is 0 Å². The molecule has 1 heterocycles. The maximum atomic E-state index is 12.0. The van der Waals surface area contributed by atoms with E-state index in [-0.39, 0.29) is 6.61 Å². The summed E-state index contributed by atoms with van der Waals surface area (Å²) in [6, 6.07) is 15.7. The molecule has 0 aliphatic rings. The number of rotatable bonds is 4. The number of hydrogen-bond acceptors (Lipinski definition) is 3. The van der Waals surface area contributed by atoms with Crippen molar-refractivity contribution in [3.8, 4) is 16.3 Å². The Morgan fingerprint density at radius 1 is 1.05 bits per heavy atom. The molecule has 0 aliphatic heterocycles. The second kappa shape index (κ2) is 5.36. The van der Waals surface area contributed by atoms with Crippen molar-refractivity contribution in [1.29, 1.82) is 0 Å². The Kier molecular flexibility index (Phi) is 3.42. The van der Waals surface area contributed by atoms with Gasteiger partial charge in [-0.3, -0.25) is 0 Å². The number of benzene rings is 2. The predicted octanol–water partition coefficient (Wildman–Crippen LogP) is 4.31. The highest BCUT2D eigenvalue weighted by atomic mass is 32.1. The fourth-order valence-electron chi connectivity index (χ4n) is 1.85. The minimum Gasteiger partial charge on any atom is -0.491 e. The Morgan fingerprint density at radius 3 is 2.58 bits per heavy atom. The summed E-state index contributed by atoms with van der Waals surface area (Å²) in [5.74, 6) is 0.683. The lowest BCUT2D eigenvalue weighted by Crippen LogP contribution is -1.98. The molecule has 0 spiro atoms. The van der Waals surface area contributed by atoms with Crippen LogP contribution in [0.25, 0.3) is 20.8 Å². The highest BCUT2D eigenvalue weighted by Gasteiger charge is 2.05. The van der Waals surface area contributed by atoms with Crippen LogP contribution in [0.5, 0.6) is 5.75 Å². The maximum absolute atomic E-state index is 12.0. The molecule has 0 amide bonds. The van der Waals surface area contributed by atoms with E-state index in [1.165, 1.54) is 4.70 Å². The molecule has 0 atom stereocenters. The molecule has 2 aromatic carbocycles. The summed E-state index contributed by atoms with van der Waals surface area (Å²) in [5, 5.41) is 0.984. The van der Waals surface area contributed by atoms with Gasteiger partial charge in [0.2, 0.25) is 0 Å². The van der Waals surface area contributed by atoms with E-state index in [4.69, 9.17) is 4.74 Å². The molecule has 1 aromatic heterocycles. The van der Waals surface area contributed by atoms with Gasteiger partial charge in [0, 0.05) is 5.56 Å². The van der Waals surface area contributed by atoms with E-state index in [1.54, 1.807) is 11.3 Å². The zero-order valence-corrected chi connectivity index (χ0v) is 11.0. The number of thiazole rings is 1. The van der Waals surface area contributed by atoms with Gasteiger partial charge in [-0.1, -0.05) is 12.1 Å². The summed E-state index contributed by atoms with van der Waals surface area (Å²) in [7, 11) is 0. The average Bonchev–Trinajstić information content (AvgIpc) is 2.89. The Bertz CT molecular complexity index is 645. The van der Waals surface area contributed by atoms with Crippen molar-refractivity contribution in [1.82, 2.24) is 4.98 Å². The number of nitrogens with zero attached hydrogens (tertiary/aromatic N) is 1. The number of fused-ring (bicyclic) bond motifs is 1. The number of alkyl halides is 1. The van der Waals surface area contributed by atoms with E-state index in [9.17, 15) is 4.39 Å². The van der Waals surface area contributed by atoms with E-state index < -0.39 is 6.67 Å². The topological polar surface area (TPSA) is 22.1 Å². The van der Waals surface area contributed by atoms with Crippen LogP contribution >= 0.6 is 11.3 Å². The van der Waals surface area contributed by atoms with Crippen LogP contribution in [0, 0.1) is 0 Å². The van der Waals surface area contributed by atoms with Crippen LogP contribution in [-0.2, 0) is 0 Å². The Morgan fingerprint density at radius 2 is 1.84 bits per heavy atom. The highest BCUT2D eigenvalue weighted by Crippen LogP contribution is 2.30. The van der Waals surface area contributed by atoms with E-state index in [1.807, 2.05) is 42.5 Å². The Balaban J connectivity index is 1.88. The molecular weight excluding hydrogens is 261 g/mol. The predicted molar refractivity (Wildman–Crippen MR) is 76.5 cm³/mol. The maximum Gasteiger partial charge on any atom is 0.124 e. The van der Waals surface area contributed by atoms with Crippen molar-refractivity contribution < 1.29 is 9.13 Å². The lowest BCUT2D eigenvalue weighted by atomic mass is 10.2. The molecule has 0 N–H and O–H groups in total. The summed E-state index contributed by atoms with van der Waals surface area (Å²) in [5.41, 5.74) is 2.06. The van der Waals surface area contributed by atoms with Gasteiger partial charge < -0.3 is 4.74 Å². The molecular formula is C15H12FNOS. The number of ether oxygens (including phenoxy) is 1. The first kappa shape index (κ1) is 12.1. The molecule has 0 saturated heterocycles. The van der Waals surface area contributed by atoms with Crippen LogP contribution in [0.2, 0.25) is 0 Å². The second-order valence-electron chi connectivity index (χ2n) is 4.05. The zero-order valence-electron chi connectivity index (χ0n) is 10.2. The van der Waals surface area contributed by atoms with Crippen LogP contribution in [0.3, 0.4) is 0 Å². The van der Waals surface area contributed by atoms with Crippen molar-refractivity contribution in [2.24, 2.45) is 0 Å². The van der Waals surface area contributed by atoms with Gasteiger partial charge in [-0.25, -0.2) is 9.37 Å². The summed E-state index contributed by atoms with van der Waals surface area (Å²) < 4.78 is 18.4. The van der Waals surface area contributed by atoms with Gasteiger partial charge in [0.15, 0.2) is 0 Å². The van der Waals surface area contributed by atoms with Crippen molar-refractivity contribution in [2.75, 3.05) is 13.3 Å². The number of halogens is 1. The van der Waals surface area contributed by atoms with E-state index in [0.29, 0.717) is 5.75 Å². The van der Waals surface area contributed by atoms with Crippen LogP contribution in [0.1, 0.15) is 0 Å². The largest absolute Gasteiger partial charge is 0.491 e. The van der Waals surface area contributed by atoms with Gasteiger partial charge in [-0.05, 0) is 36.4 Å². The number of aromatic nitrogens is 1. The van der Waals surface area contributed by atoms with Crippen LogP contribution in [0.4, 0.5) is 4.39 Å². The van der Waals surface area contributed by atoms with Crippen LogP contribution in [-0.4, -0.2) is 18.3 Å². The average molecular weight is 273 g/mol. The van der Waals surface area contributed by atoms with Crippen LogP contribution in [0.15, 0.2) is 48.5 Å². The Labute approximate surface area is 114 Å². The van der Waals surface area contributed by atoms with Gasteiger partial charge in [-0.15, -0.1) is 11.3 Å². The van der Waals surface area contributed by atoms with Gasteiger partial charge in [0.1, 0.15) is 24.0 Å². The van der Waals surface area contributed by atoms with E-state index in [2.05, 4.69) is 11.1 Å². The minimum absolute atomic E-state index is 0.0977. The van der Waals surface area contributed by atoms with Gasteiger partial charge >= 0.3 is 0 Å². The molecule has 0 fully saturated rings. The molecule has 96 valence electrons. The molecule has 0 aliphatic carbocycles. The highest BCUT2D eigenvalue weighted by molar-refractivity contribution is 7.21. The first-order valence-corrected chi connectivity index (χ1v) is 6.83. The fraction of sp³-hybridized carbons (Fsp3) is 0.133. The molecule has 4 heteroatoms. The summed E-state index contributed by atoms with van der Waals surface area (Å²) in [4.78, 5) is 4.59. The third-order valence-corrected chi connectivity index (χ3v) is 3.83. The molecule has 2 nitrogen and oxygen atoms in total. The Hall–Kier alpha value is -1.94. The molecule has 19 heavy (non-hydrogen) atoms. The van der Waals surface area contributed by atoms with Crippen molar-refractivity contribution in [2.45, 2.75) is 0 Å². The fourth-order valence-corrected chi connectivity index (χ4v) is 2.82. The second-order valence-corrected chi connectivity index (χ2v) is 5.08. The van der Waals surface area contributed by atoms with Gasteiger partial charge in [0.05, 0.1) is 10.2 Å². The molecule has 0 unspecified atom stereocenters. The third-order valence-electron chi connectivity index (χ3n) is 2.74. The monoisotopic (exact) mass is 273 g/mol. The first-order valence-electron chi connectivity index (χ1n) is 6.01. The lowest BCUT2D eigenvalue weighted by Gasteiger charge is -2.03. The van der Waals surface area contributed by atoms with E-state index in [0.717, 1.165) is 16.1 Å². The summed E-state index contributed by atoms with van der Waals surface area (Å²) in [6.07, 6.45) is 0. The minimum atomic E-state index is -0.473. The lowest BCUT2D eigenvalue weighted by molar-refractivity contribution is 0.273. The molecule has 3 aromatic rings. The quantitative estimate of drug-likeness (QED) is 0.706. The molecule has 0 bridgehead atoms. The smallest absolute Gasteiger partial charge is 0.124 e. The summed E-state index contributed by atoms with van der Waals surface area (Å²) in [6.45, 7) is -0.375. The normalized spacial score (nSPS) is 10.8.